The number of sulfonamides is 1. The average molecular weight is 474 g/mol. The van der Waals surface area contributed by atoms with Crippen LogP contribution in [0.15, 0.2) is 52.2 Å². The van der Waals surface area contributed by atoms with Gasteiger partial charge in [-0.3, -0.25) is 9.13 Å². The van der Waals surface area contributed by atoms with Crippen molar-refractivity contribution in [2.45, 2.75) is 4.90 Å². The summed E-state index contributed by atoms with van der Waals surface area (Å²) in [5.41, 5.74) is 2.11. The van der Waals surface area contributed by atoms with Gasteiger partial charge >= 0.3 is 5.69 Å². The molecule has 4 rings (SSSR count). The molecule has 1 fully saturated rings. The molecular weight excluding hydrogens is 442 g/mol. The molecule has 10 heteroatoms. The monoisotopic (exact) mass is 473 g/mol. The molecule has 2 aromatic carbocycles. The lowest BCUT2D eigenvalue weighted by Crippen LogP contribution is -2.48. The van der Waals surface area contributed by atoms with Gasteiger partial charge < -0.3 is 14.5 Å². The highest BCUT2D eigenvalue weighted by Crippen LogP contribution is 2.30. The minimum atomic E-state index is -3.67. The molecule has 0 N–H and O–H groups in total. The number of imidazole rings is 1. The van der Waals surface area contributed by atoms with Crippen LogP contribution in [0.25, 0.3) is 11.0 Å². The summed E-state index contributed by atoms with van der Waals surface area (Å²) in [6.45, 7) is 3.29. The van der Waals surface area contributed by atoms with Gasteiger partial charge in [0.2, 0.25) is 10.0 Å². The molecule has 0 amide bonds. The van der Waals surface area contributed by atoms with Crippen LogP contribution >= 0.6 is 0 Å². The van der Waals surface area contributed by atoms with Gasteiger partial charge in [0.25, 0.3) is 0 Å². The van der Waals surface area contributed by atoms with E-state index >= 15 is 0 Å². The predicted molar refractivity (Wildman–Crippen MR) is 130 cm³/mol. The van der Waals surface area contributed by atoms with Crippen LogP contribution in [0.1, 0.15) is 0 Å². The number of piperazine rings is 1. The maximum Gasteiger partial charge on any atom is 0.328 e. The fraction of sp³-hybridized carbons (Fsp3) is 0.435. The Morgan fingerprint density at radius 1 is 0.939 bits per heavy atom. The summed E-state index contributed by atoms with van der Waals surface area (Å²) in [7, 11) is 3.67. The third kappa shape index (κ3) is 4.50. The summed E-state index contributed by atoms with van der Waals surface area (Å²) in [6.07, 6.45) is 0. The number of aromatic nitrogens is 2. The van der Waals surface area contributed by atoms with Crippen molar-refractivity contribution in [1.82, 2.24) is 18.3 Å². The van der Waals surface area contributed by atoms with E-state index in [1.807, 2.05) is 38.4 Å². The molecule has 0 bridgehead atoms. The van der Waals surface area contributed by atoms with E-state index in [2.05, 4.69) is 9.80 Å². The van der Waals surface area contributed by atoms with Crippen molar-refractivity contribution >= 4 is 26.7 Å². The first-order valence-corrected chi connectivity index (χ1v) is 12.4. The molecule has 1 aromatic heterocycles. The zero-order chi connectivity index (χ0) is 23.8. The molecule has 1 aliphatic heterocycles. The van der Waals surface area contributed by atoms with E-state index in [0.717, 1.165) is 18.0 Å². The van der Waals surface area contributed by atoms with Gasteiger partial charge in [0.05, 0.1) is 21.6 Å². The second kappa shape index (κ2) is 9.20. The smallest absolute Gasteiger partial charge is 0.328 e. The number of aryl methyl sites for hydroxylation is 2. The van der Waals surface area contributed by atoms with E-state index in [0.29, 0.717) is 43.8 Å². The Hall–Kier alpha value is -2.82. The second-order valence-corrected chi connectivity index (χ2v) is 10.5. The number of benzene rings is 2. The Morgan fingerprint density at radius 2 is 1.61 bits per heavy atom. The van der Waals surface area contributed by atoms with Gasteiger partial charge in [0.1, 0.15) is 12.4 Å². The number of para-hydroxylation sites is 2. The highest BCUT2D eigenvalue weighted by Gasteiger charge is 2.30. The number of nitrogens with zero attached hydrogens (tertiary/aromatic N) is 5. The van der Waals surface area contributed by atoms with Gasteiger partial charge in [0.15, 0.2) is 0 Å². The topological polar surface area (TPSA) is 80.0 Å². The Labute approximate surface area is 194 Å². The number of hydrogen-bond donors (Lipinski definition) is 0. The Bertz CT molecular complexity index is 1300. The van der Waals surface area contributed by atoms with Gasteiger partial charge in [-0.2, -0.15) is 4.31 Å². The van der Waals surface area contributed by atoms with Gasteiger partial charge in [-0.1, -0.05) is 12.1 Å². The van der Waals surface area contributed by atoms with Crippen molar-refractivity contribution in [1.29, 1.82) is 0 Å². The summed E-state index contributed by atoms with van der Waals surface area (Å²) >= 11 is 0. The number of anilines is 1. The molecule has 9 nitrogen and oxygen atoms in total. The minimum absolute atomic E-state index is 0.181. The third-order valence-corrected chi connectivity index (χ3v) is 8.02. The Kier molecular flexibility index (Phi) is 6.51. The van der Waals surface area contributed by atoms with Crippen molar-refractivity contribution in [3.63, 3.8) is 0 Å². The maximum atomic E-state index is 13.3. The summed E-state index contributed by atoms with van der Waals surface area (Å²) < 4.78 is 37.2. The molecule has 0 aliphatic carbocycles. The molecule has 2 heterocycles. The maximum absolute atomic E-state index is 13.3. The van der Waals surface area contributed by atoms with Crippen LogP contribution in [0.3, 0.4) is 0 Å². The summed E-state index contributed by atoms with van der Waals surface area (Å²) in [4.78, 5) is 16.6. The lowest BCUT2D eigenvalue weighted by molar-refractivity contribution is 0.261. The minimum Gasteiger partial charge on any atom is -0.490 e. The normalized spacial score (nSPS) is 15.5. The van der Waals surface area contributed by atoms with Crippen molar-refractivity contribution < 1.29 is 13.2 Å². The zero-order valence-electron chi connectivity index (χ0n) is 19.6. The average Bonchev–Trinajstić information content (AvgIpc) is 3.03. The van der Waals surface area contributed by atoms with Gasteiger partial charge in [-0.15, -0.1) is 0 Å². The highest BCUT2D eigenvalue weighted by molar-refractivity contribution is 7.89. The molecule has 0 saturated carbocycles. The lowest BCUT2D eigenvalue weighted by atomic mass is 10.2. The number of likely N-dealkylation sites (N-methyl/N-ethyl adjacent to an activating group) is 1. The van der Waals surface area contributed by atoms with Crippen molar-refractivity contribution in [2.75, 3.05) is 58.3 Å². The second-order valence-electron chi connectivity index (χ2n) is 8.56. The molecule has 1 aliphatic rings. The SMILES string of the molecule is CN(C)CCOc1ccccc1N1CCN(S(=O)(=O)c2ccc3c(c2)n(C)c(=O)n3C)CC1. The molecule has 178 valence electrons. The van der Waals surface area contributed by atoms with E-state index in [1.54, 1.807) is 32.3 Å². The largest absolute Gasteiger partial charge is 0.490 e. The van der Waals surface area contributed by atoms with E-state index in [-0.39, 0.29) is 10.6 Å². The number of fused-ring (bicyclic) bond motifs is 1. The quantitative estimate of drug-likeness (QED) is 0.515. The Balaban J connectivity index is 1.50. The zero-order valence-corrected chi connectivity index (χ0v) is 20.4. The van der Waals surface area contributed by atoms with Crippen LogP contribution in [0.4, 0.5) is 5.69 Å². The van der Waals surface area contributed by atoms with Gasteiger partial charge in [-0.05, 0) is 44.4 Å². The number of ether oxygens (including phenoxy) is 1. The van der Waals surface area contributed by atoms with Crippen LogP contribution < -0.4 is 15.3 Å². The van der Waals surface area contributed by atoms with E-state index in [1.165, 1.54) is 13.4 Å². The summed E-state index contributed by atoms with van der Waals surface area (Å²) in [6, 6.07) is 12.7. The fourth-order valence-electron chi connectivity index (χ4n) is 4.14. The molecule has 0 spiro atoms. The van der Waals surface area contributed by atoms with E-state index in [4.69, 9.17) is 4.74 Å². The van der Waals surface area contributed by atoms with Crippen LogP contribution in [0, 0.1) is 0 Å². The molecule has 0 radical (unpaired) electrons. The Morgan fingerprint density at radius 3 is 2.30 bits per heavy atom. The van der Waals surface area contributed by atoms with Crippen LogP contribution in [0.5, 0.6) is 5.75 Å². The molecular formula is C23H31N5O4S. The molecule has 0 atom stereocenters. The van der Waals surface area contributed by atoms with E-state index in [9.17, 15) is 13.2 Å². The summed E-state index contributed by atoms with van der Waals surface area (Å²) in [5.74, 6) is 0.811. The molecule has 1 saturated heterocycles. The van der Waals surface area contributed by atoms with Crippen LogP contribution in [-0.4, -0.2) is 80.2 Å². The number of hydrogen-bond acceptors (Lipinski definition) is 6. The fourth-order valence-corrected chi connectivity index (χ4v) is 5.59. The first-order chi connectivity index (χ1) is 15.7. The highest BCUT2D eigenvalue weighted by atomic mass is 32.2. The van der Waals surface area contributed by atoms with Crippen molar-refractivity contribution in [3.8, 4) is 5.75 Å². The van der Waals surface area contributed by atoms with Crippen LogP contribution in [-0.2, 0) is 24.1 Å². The van der Waals surface area contributed by atoms with Gasteiger partial charge in [0, 0.05) is 46.8 Å². The van der Waals surface area contributed by atoms with Crippen molar-refractivity contribution in [2.24, 2.45) is 14.1 Å². The van der Waals surface area contributed by atoms with Gasteiger partial charge in [-0.25, -0.2) is 13.2 Å². The molecule has 0 unspecified atom stereocenters. The summed E-state index contributed by atoms with van der Waals surface area (Å²) in [5, 5.41) is 0. The predicted octanol–water partition coefficient (Wildman–Crippen LogP) is 1.33. The number of rotatable bonds is 7. The molecule has 33 heavy (non-hydrogen) atoms. The van der Waals surface area contributed by atoms with Crippen LogP contribution in [0.2, 0.25) is 0 Å². The third-order valence-electron chi connectivity index (χ3n) is 6.12. The molecule has 3 aromatic rings. The first kappa shape index (κ1) is 23.3. The lowest BCUT2D eigenvalue weighted by Gasteiger charge is -2.36. The van der Waals surface area contributed by atoms with E-state index < -0.39 is 10.0 Å². The van der Waals surface area contributed by atoms with Crippen molar-refractivity contribution in [3.05, 3.63) is 52.9 Å². The standard InChI is InChI=1S/C23H31N5O4S/c1-24(2)15-16-32-22-8-6-5-7-20(22)27-11-13-28(14-12-27)33(30,31)18-9-10-19-21(17-18)26(4)23(29)25(19)3/h5-10,17H,11-16H2,1-4H3. The first-order valence-electron chi connectivity index (χ1n) is 11.0.